The van der Waals surface area contributed by atoms with E-state index in [0.29, 0.717) is 222 Å². The summed E-state index contributed by atoms with van der Waals surface area (Å²) in [6.07, 6.45) is 24.1. The summed E-state index contributed by atoms with van der Waals surface area (Å²) < 4.78 is 54.7. The fraction of sp³-hybridized carbons (Fsp3) is 0.587. The first-order chi connectivity index (χ1) is 60.1. The lowest BCUT2D eigenvalue weighted by Crippen LogP contribution is -2.54. The molecule has 4 fully saturated rings. The first kappa shape index (κ1) is 93.1. The maximum Gasteiger partial charge on any atom is 0.410 e. The molecule has 6 aliphatic rings. The number of aliphatic hydroxyl groups is 1. The summed E-state index contributed by atoms with van der Waals surface area (Å²) in [4.78, 5) is 143. The quantitative estimate of drug-likeness (QED) is 0.0153. The molecule has 1 aromatic carbocycles. The van der Waals surface area contributed by atoms with Crippen LogP contribution in [0.25, 0.3) is 33.3 Å². The summed E-state index contributed by atoms with van der Waals surface area (Å²) >= 11 is 0. The molecule has 32 heteroatoms. The molecule has 670 valence electrons. The number of nitrogen functional groups attached to an aromatic ring is 1. The number of pyridine rings is 1. The van der Waals surface area contributed by atoms with Gasteiger partial charge in [-0.1, -0.05) is 75.4 Å². The van der Waals surface area contributed by atoms with Crippen LogP contribution < -0.4 is 16.0 Å². The fourth-order valence-electron chi connectivity index (χ4n) is 17.1. The number of rotatable bonds is 28. The second-order valence-corrected chi connectivity index (χ2v) is 33.6. The van der Waals surface area contributed by atoms with Gasteiger partial charge in [-0.2, -0.15) is 5.10 Å². The van der Waals surface area contributed by atoms with Gasteiger partial charge in [-0.25, -0.2) is 39.2 Å². The smallest absolute Gasteiger partial charge is 0.410 e. The standard InChI is InChI=1S/C92H124N14O18/c1-60-13-8-7-9-14-61(2)80(116-6)52-73-15-12-17-79(122-73)84(111)89(113)105-31-11-10-16-75(105)90(114)123-74(51-76(107)63(4)48-64(5)78(109)53-77(108)62(3)47-60)25-21-65-19-23-72(24-20-65)124-92(115)103-35-33-102(34-36-103)91-97-55-71(56-98-91)88(112)95-30-38-118-40-42-120-44-46-121-45-43-119-41-39-117-37-28-81(110)104-32-27-67-49-66(18-22-69(67)58-104)57-106-87-82(85(93)99-59-100-87)83(101-106)70-50-68-26-29-94-86(68)96-54-70/h7-9,13-14,18,22,26,29,48-50,54-56,59-60,62-63,65,72-75,78-80,109H,10-12,15-17,19-21,23-25,27-28,30-47,51-53,57-58H2,1-6H3,(H,94,96)(H,95,112)(H2,93,99,100)/b9-7+,13-8+,61-14+,64-48+/t60-,62-,63-,65-,72-,73?,74-,75+,78+,79?,80+/m1/s1. The minimum atomic E-state index is -1.09. The van der Waals surface area contributed by atoms with E-state index in [0.717, 1.165) is 52.6 Å². The second kappa shape index (κ2) is 46.8. The molecule has 2 bridgehead atoms. The highest BCUT2D eigenvalue weighted by atomic mass is 16.6. The number of nitrogens with two attached hydrogens (primary N) is 1. The van der Waals surface area contributed by atoms with Gasteiger partial charge in [-0.15, -0.1) is 0 Å². The number of ether oxygens (including phenoxy) is 9. The number of piperidine rings is 1. The van der Waals surface area contributed by atoms with Gasteiger partial charge in [0.15, 0.2) is 5.65 Å². The van der Waals surface area contributed by atoms with E-state index in [2.05, 4.69) is 53.4 Å². The molecule has 124 heavy (non-hydrogen) atoms. The minimum absolute atomic E-state index is 0.0453. The third-order valence-corrected chi connectivity index (χ3v) is 24.5. The average Bonchev–Trinajstić information content (AvgIpc) is 1.61. The number of esters is 1. The number of nitrogens with zero attached hydrogens (tertiary/aromatic N) is 11. The number of nitrogens with one attached hydrogen (secondary N) is 2. The van der Waals surface area contributed by atoms with Gasteiger partial charge in [0, 0.05) is 126 Å². The lowest BCUT2D eigenvalue weighted by atomic mass is 9.83. The molecule has 2 unspecified atom stereocenters. The van der Waals surface area contributed by atoms with Gasteiger partial charge in [-0.3, -0.25) is 28.8 Å². The fourth-order valence-corrected chi connectivity index (χ4v) is 17.1. The van der Waals surface area contributed by atoms with Crippen LogP contribution in [-0.4, -0.2) is 268 Å². The van der Waals surface area contributed by atoms with Crippen molar-refractivity contribution in [1.29, 1.82) is 0 Å². The summed E-state index contributed by atoms with van der Waals surface area (Å²) in [5, 5.41) is 20.7. The largest absolute Gasteiger partial charge is 0.460 e. The number of ketones is 3. The molecule has 12 rings (SSSR count). The van der Waals surface area contributed by atoms with Crippen molar-refractivity contribution in [3.05, 3.63) is 131 Å². The Morgan fingerprint density at radius 2 is 1.44 bits per heavy atom. The molecule has 5 N–H and O–H groups in total. The van der Waals surface area contributed by atoms with Crippen molar-refractivity contribution in [3.63, 3.8) is 0 Å². The van der Waals surface area contributed by atoms with E-state index in [9.17, 15) is 43.5 Å². The molecule has 4 amide bonds. The molecule has 9 atom stereocenters. The maximum absolute atomic E-state index is 14.5. The molecule has 0 radical (unpaired) electrons. The van der Waals surface area contributed by atoms with Crippen LogP contribution in [0, 0.1) is 23.7 Å². The average molecular weight is 1710 g/mol. The van der Waals surface area contributed by atoms with E-state index < -0.39 is 54.0 Å². The molecular weight excluding hydrogens is 1590 g/mol. The molecule has 1 aliphatic carbocycles. The minimum Gasteiger partial charge on any atom is -0.460 e. The van der Waals surface area contributed by atoms with E-state index in [-0.39, 0.29) is 98.4 Å². The molecule has 1 saturated carbocycles. The van der Waals surface area contributed by atoms with E-state index in [1.54, 1.807) is 38.1 Å². The highest BCUT2D eigenvalue weighted by Crippen LogP contribution is 2.36. The van der Waals surface area contributed by atoms with Crippen molar-refractivity contribution in [2.75, 3.05) is 130 Å². The topological polar surface area (TPSA) is 389 Å². The summed E-state index contributed by atoms with van der Waals surface area (Å²) in [5.74, 6) is -2.69. The van der Waals surface area contributed by atoms with Gasteiger partial charge in [0.05, 0.1) is 108 Å². The highest BCUT2D eigenvalue weighted by Gasteiger charge is 2.42. The third kappa shape index (κ3) is 26.5. The van der Waals surface area contributed by atoms with Crippen molar-refractivity contribution in [3.8, 4) is 11.3 Å². The lowest BCUT2D eigenvalue weighted by Gasteiger charge is -2.37. The predicted molar refractivity (Wildman–Crippen MR) is 463 cm³/mol. The maximum atomic E-state index is 14.5. The van der Waals surface area contributed by atoms with Crippen molar-refractivity contribution >= 4 is 81.0 Å². The SMILES string of the molecule is CO[C@H]1CC2CCCC(O2)C(=O)C(=O)N2CCCC[C@H]2C(=O)O[C@H](CC[C@H]2CC[C@H](OC(=O)N3CCN(c4ncc(C(=O)NCCOCCOCCOCCOCCOCCC(=O)N5CCc6cc(Cn7nc(-c8cnc9[nH]ccc9c8)c8c(N)ncnc87)ccc6C5)cn4)CC3)CC2)CC(=O)[C@H](C)/C=C(\C)[C@@H](O)CC(=O)[C@H](C)C[C@H](C)/C=C/C=C/C=C/1C. The Hall–Kier alpha value is -10.1. The number of benzene rings is 1. The van der Waals surface area contributed by atoms with Crippen LogP contribution in [0.3, 0.4) is 0 Å². The highest BCUT2D eigenvalue weighted by molar-refractivity contribution is 6.38. The molecule has 10 heterocycles. The van der Waals surface area contributed by atoms with Crippen LogP contribution in [0.1, 0.15) is 171 Å². The van der Waals surface area contributed by atoms with Crippen molar-refractivity contribution in [2.24, 2.45) is 23.7 Å². The Labute approximate surface area is 725 Å². The Morgan fingerprint density at radius 1 is 0.702 bits per heavy atom. The number of fused-ring (bicyclic) bond motifs is 6. The van der Waals surface area contributed by atoms with Gasteiger partial charge in [0.25, 0.3) is 11.8 Å². The molecule has 3 saturated heterocycles. The zero-order valence-corrected chi connectivity index (χ0v) is 72.6. The first-order valence-corrected chi connectivity index (χ1v) is 44.3. The molecule has 6 aromatic rings. The molecule has 32 nitrogen and oxygen atoms in total. The zero-order valence-electron chi connectivity index (χ0n) is 72.6. The Bertz CT molecular complexity index is 4700. The predicted octanol–water partition coefficient (Wildman–Crippen LogP) is 9.98. The van der Waals surface area contributed by atoms with Crippen LogP contribution in [0.4, 0.5) is 16.6 Å². The van der Waals surface area contributed by atoms with E-state index in [1.165, 1.54) is 29.2 Å². The van der Waals surface area contributed by atoms with Gasteiger partial charge in [0.2, 0.25) is 17.6 Å². The number of H-pyrrole nitrogens is 1. The Morgan fingerprint density at radius 3 is 2.18 bits per heavy atom. The van der Waals surface area contributed by atoms with Gasteiger partial charge in [0.1, 0.15) is 59.4 Å². The number of anilines is 2. The van der Waals surface area contributed by atoms with E-state index >= 15 is 0 Å². The number of aromatic nitrogens is 8. The van der Waals surface area contributed by atoms with Crippen molar-refractivity contribution in [2.45, 2.75) is 206 Å². The number of allylic oxidation sites excluding steroid dienone is 6. The number of cyclic esters (lactones) is 1. The number of aromatic amines is 1. The monoisotopic (exact) mass is 1710 g/mol. The second-order valence-electron chi connectivity index (χ2n) is 33.6. The Kier molecular flexibility index (Phi) is 35.1. The number of aliphatic hydroxyl groups excluding tert-OH is 1. The molecule has 0 spiro atoms. The number of piperazine rings is 1. The van der Waals surface area contributed by atoms with Crippen LogP contribution in [0.15, 0.2) is 109 Å². The summed E-state index contributed by atoms with van der Waals surface area (Å²) in [6, 6.07) is 9.30. The number of carbonyl (C=O) groups is 8. The number of hydrogen-bond donors (Lipinski definition) is 4. The van der Waals surface area contributed by atoms with Crippen molar-refractivity contribution < 1.29 is 86.1 Å². The number of amides is 4. The van der Waals surface area contributed by atoms with Crippen LogP contribution in [-0.2, 0) is 90.9 Å². The number of carbonyl (C=O) groups excluding carboxylic acids is 8. The van der Waals surface area contributed by atoms with Crippen LogP contribution in [0.5, 0.6) is 0 Å². The van der Waals surface area contributed by atoms with Gasteiger partial charge >= 0.3 is 12.1 Å². The van der Waals surface area contributed by atoms with E-state index in [1.807, 2.05) is 84.0 Å². The lowest BCUT2D eigenvalue weighted by molar-refractivity contribution is -0.167. The molecule has 5 aliphatic heterocycles. The number of Topliss-reactive ketones (excluding diaryl/α,β-unsaturated/α-hetero) is 3. The van der Waals surface area contributed by atoms with E-state index in [4.69, 9.17) is 53.5 Å². The van der Waals surface area contributed by atoms with Gasteiger partial charge < -0.3 is 83.4 Å². The van der Waals surface area contributed by atoms with Crippen LogP contribution >= 0.6 is 0 Å². The zero-order chi connectivity index (χ0) is 87.4. The third-order valence-electron chi connectivity index (χ3n) is 24.5. The molecular formula is C92H124N14O18. The van der Waals surface area contributed by atoms with Gasteiger partial charge in [-0.05, 0) is 156 Å². The summed E-state index contributed by atoms with van der Waals surface area (Å²) in [5.41, 5.74) is 14.4. The first-order valence-electron chi connectivity index (χ1n) is 44.3. The normalized spacial score (nSPS) is 25.4. The number of methoxy groups -OCH3 is 1. The summed E-state index contributed by atoms with van der Waals surface area (Å²) in [7, 11) is 1.63. The number of hydrogen-bond acceptors (Lipinski definition) is 26. The molecule has 5 aromatic heterocycles. The summed E-state index contributed by atoms with van der Waals surface area (Å²) in [6.45, 7) is 16.6. The van der Waals surface area contributed by atoms with Crippen molar-refractivity contribution in [1.82, 2.24) is 59.7 Å². The Balaban J connectivity index is 0.492. The van der Waals surface area contributed by atoms with Crippen LogP contribution in [0.2, 0.25) is 0 Å².